The first-order valence-corrected chi connectivity index (χ1v) is 10.6. The molecule has 6 nitrogen and oxygen atoms in total. The smallest absolute Gasteiger partial charge is 0.318 e. The molecule has 0 spiro atoms. The first kappa shape index (κ1) is 21.3. The third-order valence-electron chi connectivity index (χ3n) is 5.74. The summed E-state index contributed by atoms with van der Waals surface area (Å²) in [6, 6.07) is 18.8. The Labute approximate surface area is 187 Å². The van der Waals surface area contributed by atoms with Crippen molar-refractivity contribution in [2.75, 3.05) is 0 Å². The Kier molecular flexibility index (Phi) is 5.77. The number of nitrogens with zero attached hydrogens (tertiary/aromatic N) is 2. The molecular weight excluding hydrogens is 402 g/mol. The normalized spacial score (nSPS) is 15.4. The molecule has 1 aliphatic rings. The summed E-state index contributed by atoms with van der Waals surface area (Å²) in [7, 11) is 0. The van der Waals surface area contributed by atoms with Gasteiger partial charge in [-0.15, -0.1) is 0 Å². The number of rotatable bonds is 5. The number of amides is 4. The highest BCUT2D eigenvalue weighted by molar-refractivity contribution is 6.31. The maximum absolute atomic E-state index is 13.1. The van der Waals surface area contributed by atoms with E-state index < -0.39 is 17.8 Å². The predicted octanol–water partition coefficient (Wildman–Crippen LogP) is 4.32. The Hall–Kier alpha value is -3.93. The van der Waals surface area contributed by atoms with E-state index in [1.54, 1.807) is 6.08 Å². The van der Waals surface area contributed by atoms with E-state index in [4.69, 9.17) is 0 Å². The van der Waals surface area contributed by atoms with Crippen LogP contribution in [0.25, 0.3) is 11.8 Å². The van der Waals surface area contributed by atoms with Gasteiger partial charge in [-0.25, -0.2) is 4.79 Å². The van der Waals surface area contributed by atoms with Crippen molar-refractivity contribution in [1.29, 1.82) is 0 Å². The van der Waals surface area contributed by atoms with Crippen molar-refractivity contribution in [1.82, 2.24) is 14.8 Å². The Balaban J connectivity index is 1.68. The van der Waals surface area contributed by atoms with Crippen LogP contribution in [0.1, 0.15) is 35.0 Å². The van der Waals surface area contributed by atoms with Crippen LogP contribution in [0.5, 0.6) is 0 Å². The van der Waals surface area contributed by atoms with Gasteiger partial charge in [-0.05, 0) is 61.2 Å². The number of carbonyl (C=O) groups excluding carboxylic acids is 3. The van der Waals surface area contributed by atoms with E-state index in [0.717, 1.165) is 39.5 Å². The lowest BCUT2D eigenvalue weighted by molar-refractivity contribution is -0.130. The van der Waals surface area contributed by atoms with Gasteiger partial charge in [-0.2, -0.15) is 0 Å². The number of aryl methyl sites for hydroxylation is 2. The van der Waals surface area contributed by atoms with Gasteiger partial charge in [0.05, 0.1) is 6.54 Å². The van der Waals surface area contributed by atoms with E-state index in [1.807, 2.05) is 50.2 Å². The van der Waals surface area contributed by atoms with E-state index >= 15 is 0 Å². The van der Waals surface area contributed by atoms with Crippen molar-refractivity contribution >= 4 is 23.9 Å². The van der Waals surface area contributed by atoms with Gasteiger partial charge in [-0.3, -0.25) is 19.8 Å². The standard InChI is InChI=1S/C26H25N3O3/c1-4-19-10-12-22(13-11-19)29-17(2)14-21(18(29)3)15-23-24(30)27-26(32)28(25(23)31)16-20-8-6-5-7-9-20/h5-15H,4,16H2,1-3H3,(H,27,30,32)/b23-15+. The zero-order valence-electron chi connectivity index (χ0n) is 18.4. The number of aromatic nitrogens is 1. The molecule has 1 saturated heterocycles. The lowest BCUT2D eigenvalue weighted by atomic mass is 10.1. The van der Waals surface area contributed by atoms with Crippen molar-refractivity contribution in [2.24, 2.45) is 0 Å². The summed E-state index contributed by atoms with van der Waals surface area (Å²) < 4.78 is 2.09. The van der Waals surface area contributed by atoms with Gasteiger partial charge in [0.1, 0.15) is 5.57 Å². The lowest BCUT2D eigenvalue weighted by Crippen LogP contribution is -2.53. The third-order valence-corrected chi connectivity index (χ3v) is 5.74. The highest BCUT2D eigenvalue weighted by Gasteiger charge is 2.35. The van der Waals surface area contributed by atoms with E-state index in [1.165, 1.54) is 5.56 Å². The number of imide groups is 2. The minimum Gasteiger partial charge on any atom is -0.318 e. The van der Waals surface area contributed by atoms with Crippen LogP contribution in [0.4, 0.5) is 4.79 Å². The molecule has 1 N–H and O–H groups in total. The van der Waals surface area contributed by atoms with Crippen LogP contribution in [0.2, 0.25) is 0 Å². The van der Waals surface area contributed by atoms with Gasteiger partial charge in [0.25, 0.3) is 11.8 Å². The molecule has 0 unspecified atom stereocenters. The van der Waals surface area contributed by atoms with Gasteiger partial charge in [0.2, 0.25) is 0 Å². The summed E-state index contributed by atoms with van der Waals surface area (Å²) in [5, 5.41) is 2.29. The molecule has 4 rings (SSSR count). The van der Waals surface area contributed by atoms with Crippen LogP contribution in [-0.4, -0.2) is 27.3 Å². The van der Waals surface area contributed by atoms with Crippen LogP contribution >= 0.6 is 0 Å². The molecule has 0 saturated carbocycles. The van der Waals surface area contributed by atoms with Crippen LogP contribution in [0, 0.1) is 13.8 Å². The number of nitrogens with one attached hydrogen (secondary N) is 1. The summed E-state index contributed by atoms with van der Waals surface area (Å²) in [4.78, 5) is 39.0. The number of carbonyl (C=O) groups is 3. The summed E-state index contributed by atoms with van der Waals surface area (Å²) in [5.74, 6) is -1.28. The average molecular weight is 428 g/mol. The summed E-state index contributed by atoms with van der Waals surface area (Å²) in [6.45, 7) is 6.14. The first-order chi connectivity index (χ1) is 15.4. The number of hydrogen-bond donors (Lipinski definition) is 1. The maximum Gasteiger partial charge on any atom is 0.331 e. The fourth-order valence-corrected chi connectivity index (χ4v) is 3.97. The quantitative estimate of drug-likeness (QED) is 0.487. The summed E-state index contributed by atoms with van der Waals surface area (Å²) in [5.41, 5.74) is 5.68. The minimum atomic E-state index is -0.706. The van der Waals surface area contributed by atoms with Crippen molar-refractivity contribution in [3.05, 3.63) is 94.3 Å². The van der Waals surface area contributed by atoms with Crippen molar-refractivity contribution in [3.8, 4) is 5.69 Å². The second kappa shape index (κ2) is 8.67. The molecule has 0 atom stereocenters. The molecule has 0 aliphatic carbocycles. The average Bonchev–Trinajstić information content (AvgIpc) is 3.07. The van der Waals surface area contributed by atoms with Gasteiger partial charge in [0.15, 0.2) is 0 Å². The van der Waals surface area contributed by atoms with Crippen LogP contribution in [0.15, 0.2) is 66.2 Å². The molecule has 162 valence electrons. The Morgan fingerprint density at radius 2 is 1.59 bits per heavy atom. The molecular formula is C26H25N3O3. The molecule has 0 bridgehead atoms. The Bertz CT molecular complexity index is 1220. The highest BCUT2D eigenvalue weighted by Crippen LogP contribution is 2.25. The molecule has 2 aromatic carbocycles. The summed E-state index contributed by atoms with van der Waals surface area (Å²) in [6.07, 6.45) is 2.54. The van der Waals surface area contributed by atoms with Gasteiger partial charge < -0.3 is 4.57 Å². The number of urea groups is 1. The largest absolute Gasteiger partial charge is 0.331 e. The van der Waals surface area contributed by atoms with Crippen LogP contribution < -0.4 is 5.32 Å². The zero-order valence-corrected chi connectivity index (χ0v) is 18.4. The molecule has 1 aromatic heterocycles. The Morgan fingerprint density at radius 3 is 2.25 bits per heavy atom. The fourth-order valence-electron chi connectivity index (χ4n) is 3.97. The van der Waals surface area contributed by atoms with E-state index in [2.05, 4.69) is 41.1 Å². The Morgan fingerprint density at radius 1 is 0.906 bits per heavy atom. The van der Waals surface area contributed by atoms with Crippen molar-refractivity contribution < 1.29 is 14.4 Å². The minimum absolute atomic E-state index is 0.0536. The topological polar surface area (TPSA) is 71.4 Å². The molecule has 6 heteroatoms. The SMILES string of the molecule is CCc1ccc(-n2c(C)cc(/C=C3\C(=O)NC(=O)N(Cc4ccccc4)C3=O)c2C)cc1. The monoisotopic (exact) mass is 427 g/mol. The summed E-state index contributed by atoms with van der Waals surface area (Å²) >= 11 is 0. The number of hydrogen-bond acceptors (Lipinski definition) is 3. The second-order valence-electron chi connectivity index (χ2n) is 7.88. The number of benzene rings is 2. The fraction of sp³-hybridized carbons (Fsp3) is 0.192. The highest BCUT2D eigenvalue weighted by atomic mass is 16.2. The van der Waals surface area contributed by atoms with Crippen LogP contribution in [-0.2, 0) is 22.6 Å². The molecule has 3 aromatic rings. The lowest BCUT2D eigenvalue weighted by Gasteiger charge is -2.26. The third kappa shape index (κ3) is 3.99. The molecule has 1 fully saturated rings. The van der Waals surface area contributed by atoms with E-state index in [0.29, 0.717) is 0 Å². The molecule has 4 amide bonds. The zero-order chi connectivity index (χ0) is 22.8. The molecule has 32 heavy (non-hydrogen) atoms. The van der Waals surface area contributed by atoms with Crippen LogP contribution in [0.3, 0.4) is 0 Å². The van der Waals surface area contributed by atoms with Gasteiger partial charge in [0, 0.05) is 17.1 Å². The van der Waals surface area contributed by atoms with Gasteiger partial charge >= 0.3 is 6.03 Å². The molecule has 1 aliphatic heterocycles. The van der Waals surface area contributed by atoms with Gasteiger partial charge in [-0.1, -0.05) is 49.4 Å². The van der Waals surface area contributed by atoms with E-state index in [9.17, 15) is 14.4 Å². The van der Waals surface area contributed by atoms with Crippen molar-refractivity contribution in [3.63, 3.8) is 0 Å². The molecule has 0 radical (unpaired) electrons. The van der Waals surface area contributed by atoms with E-state index in [-0.39, 0.29) is 12.1 Å². The number of barbiturate groups is 1. The van der Waals surface area contributed by atoms with Crippen molar-refractivity contribution in [2.45, 2.75) is 33.7 Å². The molecule has 2 heterocycles. The maximum atomic E-state index is 13.1. The second-order valence-corrected chi connectivity index (χ2v) is 7.88. The predicted molar refractivity (Wildman–Crippen MR) is 123 cm³/mol. The first-order valence-electron chi connectivity index (χ1n) is 10.6.